The van der Waals surface area contributed by atoms with Crippen molar-refractivity contribution >= 4 is 16.8 Å². The number of nitrogens with zero attached hydrogens (tertiary/aromatic N) is 1. The average molecular weight is 320 g/mol. The van der Waals surface area contributed by atoms with E-state index in [0.717, 1.165) is 24.9 Å². The van der Waals surface area contributed by atoms with Gasteiger partial charge in [0.2, 0.25) is 5.91 Å². The second-order valence-electron chi connectivity index (χ2n) is 6.16. The zero-order valence-corrected chi connectivity index (χ0v) is 14.2. The molecule has 0 unspecified atom stereocenters. The molecular formula is C21H24N2O. The Balaban J connectivity index is 1.65. The fourth-order valence-electron chi connectivity index (χ4n) is 3.10. The van der Waals surface area contributed by atoms with Crippen LogP contribution < -0.4 is 0 Å². The van der Waals surface area contributed by atoms with Crippen molar-refractivity contribution in [2.75, 3.05) is 6.54 Å². The molecule has 3 rings (SSSR count). The first kappa shape index (κ1) is 16.3. The lowest BCUT2D eigenvalue weighted by molar-refractivity contribution is -0.131. The minimum atomic E-state index is 0.228. The van der Waals surface area contributed by atoms with Gasteiger partial charge in [-0.05, 0) is 30.0 Å². The third-order valence-electron chi connectivity index (χ3n) is 4.35. The van der Waals surface area contributed by atoms with Crippen LogP contribution in [0.2, 0.25) is 0 Å². The van der Waals surface area contributed by atoms with Crippen molar-refractivity contribution in [1.82, 2.24) is 9.88 Å². The van der Waals surface area contributed by atoms with Crippen LogP contribution in [0.5, 0.6) is 0 Å². The van der Waals surface area contributed by atoms with Gasteiger partial charge < -0.3 is 9.88 Å². The van der Waals surface area contributed by atoms with Crippen molar-refractivity contribution in [3.8, 4) is 0 Å². The lowest BCUT2D eigenvalue weighted by Gasteiger charge is -2.22. The first-order chi connectivity index (χ1) is 11.8. The van der Waals surface area contributed by atoms with E-state index in [1.165, 1.54) is 16.5 Å². The largest absolute Gasteiger partial charge is 0.361 e. The SMILES string of the molecule is CCCN(Cc1ccccc1)C(=O)CCc1c[nH]c2ccccc12. The molecule has 0 fully saturated rings. The summed E-state index contributed by atoms with van der Waals surface area (Å²) in [5, 5.41) is 1.22. The molecule has 1 N–H and O–H groups in total. The van der Waals surface area contributed by atoms with Crippen molar-refractivity contribution < 1.29 is 4.79 Å². The Morgan fingerprint density at radius 2 is 1.79 bits per heavy atom. The standard InChI is InChI=1S/C21H24N2O/c1-2-14-23(16-17-8-4-3-5-9-17)21(24)13-12-18-15-22-20-11-7-6-10-19(18)20/h3-11,15,22H,2,12-14,16H2,1H3. The lowest BCUT2D eigenvalue weighted by Crippen LogP contribution is -2.31. The van der Waals surface area contributed by atoms with E-state index in [0.29, 0.717) is 13.0 Å². The number of nitrogens with one attached hydrogen (secondary N) is 1. The summed E-state index contributed by atoms with van der Waals surface area (Å²) in [6.07, 6.45) is 4.33. The molecule has 0 spiro atoms. The van der Waals surface area contributed by atoms with Crippen LogP contribution in [0.1, 0.15) is 30.9 Å². The van der Waals surface area contributed by atoms with Crippen molar-refractivity contribution in [2.24, 2.45) is 0 Å². The maximum Gasteiger partial charge on any atom is 0.223 e. The van der Waals surface area contributed by atoms with E-state index in [1.54, 1.807) is 0 Å². The van der Waals surface area contributed by atoms with Crippen LogP contribution in [-0.4, -0.2) is 22.3 Å². The molecule has 2 aromatic carbocycles. The minimum Gasteiger partial charge on any atom is -0.361 e. The molecule has 1 amide bonds. The third kappa shape index (κ3) is 3.85. The highest BCUT2D eigenvalue weighted by atomic mass is 16.2. The molecule has 0 bridgehead atoms. The number of hydrogen-bond acceptors (Lipinski definition) is 1. The number of carbonyl (C=O) groups is 1. The number of para-hydroxylation sites is 1. The van der Waals surface area contributed by atoms with Gasteiger partial charge in [-0.25, -0.2) is 0 Å². The van der Waals surface area contributed by atoms with Gasteiger partial charge in [0.25, 0.3) is 0 Å². The van der Waals surface area contributed by atoms with E-state index in [4.69, 9.17) is 0 Å². The van der Waals surface area contributed by atoms with Gasteiger partial charge in [0.15, 0.2) is 0 Å². The molecule has 3 heteroatoms. The quantitative estimate of drug-likeness (QED) is 0.681. The van der Waals surface area contributed by atoms with Gasteiger partial charge in [-0.3, -0.25) is 4.79 Å². The Kier molecular flexibility index (Phi) is 5.32. The highest BCUT2D eigenvalue weighted by Crippen LogP contribution is 2.19. The second-order valence-corrected chi connectivity index (χ2v) is 6.16. The zero-order valence-electron chi connectivity index (χ0n) is 14.2. The Morgan fingerprint density at radius 3 is 2.58 bits per heavy atom. The second kappa shape index (κ2) is 7.82. The molecule has 3 aromatic rings. The van der Waals surface area contributed by atoms with Crippen molar-refractivity contribution in [2.45, 2.75) is 32.7 Å². The van der Waals surface area contributed by atoms with Crippen LogP contribution in [0.3, 0.4) is 0 Å². The molecular weight excluding hydrogens is 296 g/mol. The summed E-state index contributed by atoms with van der Waals surface area (Å²) in [6, 6.07) is 18.5. The number of rotatable bonds is 7. The number of amides is 1. The Morgan fingerprint density at radius 1 is 1.04 bits per heavy atom. The molecule has 1 heterocycles. The minimum absolute atomic E-state index is 0.228. The van der Waals surface area contributed by atoms with E-state index in [2.05, 4.69) is 36.2 Å². The van der Waals surface area contributed by atoms with Gasteiger partial charge >= 0.3 is 0 Å². The number of hydrogen-bond donors (Lipinski definition) is 1. The first-order valence-electron chi connectivity index (χ1n) is 8.64. The van der Waals surface area contributed by atoms with Crippen LogP contribution in [-0.2, 0) is 17.8 Å². The normalized spacial score (nSPS) is 10.9. The molecule has 3 nitrogen and oxygen atoms in total. The fourth-order valence-corrected chi connectivity index (χ4v) is 3.10. The van der Waals surface area contributed by atoms with Crippen LogP contribution in [0.25, 0.3) is 10.9 Å². The number of benzene rings is 2. The number of aryl methyl sites for hydroxylation is 1. The van der Waals surface area contributed by atoms with E-state index in [-0.39, 0.29) is 5.91 Å². The van der Waals surface area contributed by atoms with Gasteiger partial charge in [-0.1, -0.05) is 55.5 Å². The maximum atomic E-state index is 12.7. The van der Waals surface area contributed by atoms with Gasteiger partial charge in [0.05, 0.1) is 0 Å². The highest BCUT2D eigenvalue weighted by molar-refractivity contribution is 5.84. The van der Waals surface area contributed by atoms with Gasteiger partial charge in [-0.2, -0.15) is 0 Å². The predicted molar refractivity (Wildman–Crippen MR) is 98.8 cm³/mol. The summed E-state index contributed by atoms with van der Waals surface area (Å²) >= 11 is 0. The predicted octanol–water partition coefficient (Wildman–Crippen LogP) is 4.54. The van der Waals surface area contributed by atoms with Crippen molar-refractivity contribution in [1.29, 1.82) is 0 Å². The number of aromatic nitrogens is 1. The fraction of sp³-hybridized carbons (Fsp3) is 0.286. The molecule has 0 atom stereocenters. The van der Waals surface area contributed by atoms with E-state index in [1.807, 2.05) is 41.4 Å². The summed E-state index contributed by atoms with van der Waals surface area (Å²) < 4.78 is 0. The van der Waals surface area contributed by atoms with Crippen LogP contribution >= 0.6 is 0 Å². The molecule has 0 radical (unpaired) electrons. The Bertz CT molecular complexity index is 792. The third-order valence-corrected chi connectivity index (χ3v) is 4.35. The number of fused-ring (bicyclic) bond motifs is 1. The Labute approximate surface area is 143 Å². The summed E-state index contributed by atoms with van der Waals surface area (Å²) in [5.74, 6) is 0.228. The van der Waals surface area contributed by atoms with Crippen LogP contribution in [0, 0.1) is 0 Å². The van der Waals surface area contributed by atoms with E-state index in [9.17, 15) is 4.79 Å². The number of H-pyrrole nitrogens is 1. The Hall–Kier alpha value is -2.55. The van der Waals surface area contributed by atoms with Crippen LogP contribution in [0.4, 0.5) is 0 Å². The van der Waals surface area contributed by atoms with Crippen molar-refractivity contribution in [3.63, 3.8) is 0 Å². The first-order valence-corrected chi connectivity index (χ1v) is 8.64. The van der Waals surface area contributed by atoms with Gasteiger partial charge in [0, 0.05) is 36.6 Å². The topological polar surface area (TPSA) is 36.1 Å². The average Bonchev–Trinajstić information content (AvgIpc) is 3.03. The van der Waals surface area contributed by atoms with Gasteiger partial charge in [0.1, 0.15) is 0 Å². The van der Waals surface area contributed by atoms with E-state index >= 15 is 0 Å². The smallest absolute Gasteiger partial charge is 0.223 e. The van der Waals surface area contributed by atoms with Crippen LogP contribution in [0.15, 0.2) is 60.8 Å². The monoisotopic (exact) mass is 320 g/mol. The highest BCUT2D eigenvalue weighted by Gasteiger charge is 2.14. The molecule has 0 saturated heterocycles. The summed E-state index contributed by atoms with van der Waals surface area (Å²) in [6.45, 7) is 3.62. The summed E-state index contributed by atoms with van der Waals surface area (Å²) in [4.78, 5) is 17.9. The summed E-state index contributed by atoms with van der Waals surface area (Å²) in [7, 11) is 0. The number of carbonyl (C=O) groups excluding carboxylic acids is 1. The zero-order chi connectivity index (χ0) is 16.8. The van der Waals surface area contributed by atoms with Crippen molar-refractivity contribution in [3.05, 3.63) is 71.9 Å². The molecule has 1 aromatic heterocycles. The molecule has 124 valence electrons. The van der Waals surface area contributed by atoms with Gasteiger partial charge in [-0.15, -0.1) is 0 Å². The molecule has 0 saturated carbocycles. The summed E-state index contributed by atoms with van der Waals surface area (Å²) in [5.41, 5.74) is 3.54. The van der Waals surface area contributed by atoms with E-state index < -0.39 is 0 Å². The lowest BCUT2D eigenvalue weighted by atomic mass is 10.1. The maximum absolute atomic E-state index is 12.7. The molecule has 0 aliphatic rings. The number of aromatic amines is 1. The molecule has 24 heavy (non-hydrogen) atoms. The molecule has 0 aliphatic carbocycles. The molecule has 0 aliphatic heterocycles.